The molecular formula is C23H28N4O2S. The summed E-state index contributed by atoms with van der Waals surface area (Å²) in [5.41, 5.74) is 7.88. The van der Waals surface area contributed by atoms with Crippen LogP contribution in [0.3, 0.4) is 0 Å². The zero-order chi connectivity index (χ0) is 21.9. The van der Waals surface area contributed by atoms with E-state index in [0.29, 0.717) is 17.0 Å². The maximum absolute atomic E-state index is 13.2. The first kappa shape index (κ1) is 21.8. The molecule has 158 valence electrons. The van der Waals surface area contributed by atoms with E-state index in [-0.39, 0.29) is 17.0 Å². The van der Waals surface area contributed by atoms with Crippen LogP contribution < -0.4 is 11.1 Å². The van der Waals surface area contributed by atoms with Crippen LogP contribution in [0.1, 0.15) is 32.8 Å². The van der Waals surface area contributed by atoms with Crippen molar-refractivity contribution in [3.63, 3.8) is 0 Å². The van der Waals surface area contributed by atoms with Crippen molar-refractivity contribution in [1.82, 2.24) is 9.29 Å². The van der Waals surface area contributed by atoms with Crippen LogP contribution in [0.25, 0.3) is 10.9 Å². The van der Waals surface area contributed by atoms with Crippen molar-refractivity contribution in [3.8, 4) is 0 Å². The van der Waals surface area contributed by atoms with Gasteiger partial charge in [0.1, 0.15) is 5.82 Å². The van der Waals surface area contributed by atoms with Gasteiger partial charge < -0.3 is 11.1 Å². The molecule has 2 aromatic carbocycles. The molecule has 0 spiro atoms. The standard InChI is InChI=1S/C23H28N4O2S/c1-16(24)14-17(2)25-19(4)26-18(3)22-15-27(23-13-9-8-12-21(22)23)30(28,29)20-10-6-5-7-11-20/h5-13,15-17,25H,4,14,24H2,1-3H3/t16-,17+/m0/s1. The van der Waals surface area contributed by atoms with Gasteiger partial charge in [-0.3, -0.25) is 0 Å². The highest BCUT2D eigenvalue weighted by atomic mass is 32.2. The zero-order valence-electron chi connectivity index (χ0n) is 17.5. The second-order valence-electron chi connectivity index (χ2n) is 7.58. The summed E-state index contributed by atoms with van der Waals surface area (Å²) in [5.74, 6) is 0.517. The van der Waals surface area contributed by atoms with Crippen molar-refractivity contribution < 1.29 is 8.42 Å². The lowest BCUT2D eigenvalue weighted by molar-refractivity contribution is 0.514. The number of hydrogen-bond acceptors (Lipinski definition) is 5. The van der Waals surface area contributed by atoms with Gasteiger partial charge >= 0.3 is 0 Å². The minimum Gasteiger partial charge on any atom is -0.368 e. The van der Waals surface area contributed by atoms with Crippen LogP contribution >= 0.6 is 0 Å². The molecule has 3 aromatic rings. The van der Waals surface area contributed by atoms with Crippen LogP contribution in [0.2, 0.25) is 0 Å². The van der Waals surface area contributed by atoms with Crippen LogP contribution in [0.5, 0.6) is 0 Å². The van der Waals surface area contributed by atoms with Gasteiger partial charge in [-0.2, -0.15) is 0 Å². The Hall–Kier alpha value is -2.90. The molecular weight excluding hydrogens is 396 g/mol. The number of para-hydroxylation sites is 1. The predicted molar refractivity (Wildman–Crippen MR) is 123 cm³/mol. The first-order chi connectivity index (χ1) is 14.2. The third kappa shape index (κ3) is 4.63. The molecule has 1 aromatic heterocycles. The van der Waals surface area contributed by atoms with E-state index in [1.807, 2.05) is 39.0 Å². The van der Waals surface area contributed by atoms with Gasteiger partial charge in [-0.25, -0.2) is 17.4 Å². The number of nitrogens with one attached hydrogen (secondary N) is 1. The molecule has 30 heavy (non-hydrogen) atoms. The molecule has 0 saturated carbocycles. The minimum atomic E-state index is -3.73. The number of hydrogen-bond donors (Lipinski definition) is 2. The van der Waals surface area contributed by atoms with E-state index in [1.165, 1.54) is 3.97 Å². The topological polar surface area (TPSA) is 89.5 Å². The molecule has 0 aliphatic carbocycles. The summed E-state index contributed by atoms with van der Waals surface area (Å²) >= 11 is 0. The van der Waals surface area contributed by atoms with Crippen molar-refractivity contribution >= 4 is 26.6 Å². The Balaban J connectivity index is 2.01. The lowest BCUT2D eigenvalue weighted by Crippen LogP contribution is -2.31. The highest BCUT2D eigenvalue weighted by Crippen LogP contribution is 2.26. The van der Waals surface area contributed by atoms with Gasteiger partial charge in [0.2, 0.25) is 0 Å². The second-order valence-corrected chi connectivity index (χ2v) is 9.39. The molecule has 2 atom stereocenters. The SMILES string of the molecule is C=C(N=C(C)c1cn(S(=O)(=O)c2ccccc2)c2ccccc12)N[C@H](C)C[C@H](C)N. The third-order valence-corrected chi connectivity index (χ3v) is 6.50. The van der Waals surface area contributed by atoms with Gasteiger partial charge in [-0.05, 0) is 45.4 Å². The lowest BCUT2D eigenvalue weighted by atomic mass is 10.1. The van der Waals surface area contributed by atoms with Crippen molar-refractivity contribution in [2.24, 2.45) is 10.7 Å². The quantitative estimate of drug-likeness (QED) is 0.537. The molecule has 0 aliphatic rings. The predicted octanol–water partition coefficient (Wildman–Crippen LogP) is 3.87. The Bertz CT molecular complexity index is 1180. The largest absolute Gasteiger partial charge is 0.368 e. The van der Waals surface area contributed by atoms with Crippen LogP contribution in [-0.4, -0.2) is 30.2 Å². The van der Waals surface area contributed by atoms with Gasteiger partial charge in [0, 0.05) is 34.9 Å². The molecule has 0 unspecified atom stereocenters. The minimum absolute atomic E-state index is 0.0755. The van der Waals surface area contributed by atoms with Crippen molar-refractivity contribution in [1.29, 1.82) is 0 Å². The van der Waals surface area contributed by atoms with Crippen molar-refractivity contribution in [2.45, 2.75) is 44.2 Å². The van der Waals surface area contributed by atoms with E-state index >= 15 is 0 Å². The Morgan fingerprint density at radius 2 is 1.77 bits per heavy atom. The van der Waals surface area contributed by atoms with Crippen LogP contribution in [0, 0.1) is 0 Å². The summed E-state index contributed by atoms with van der Waals surface area (Å²) in [7, 11) is -3.73. The molecule has 1 heterocycles. The molecule has 7 heteroatoms. The summed E-state index contributed by atoms with van der Waals surface area (Å²) in [6, 6.07) is 16.0. The highest BCUT2D eigenvalue weighted by molar-refractivity contribution is 7.90. The average Bonchev–Trinajstić information content (AvgIpc) is 3.08. The molecule has 0 radical (unpaired) electrons. The normalized spacial score (nSPS) is 14.5. The van der Waals surface area contributed by atoms with Crippen LogP contribution in [0.4, 0.5) is 0 Å². The maximum atomic E-state index is 13.2. The fraction of sp³-hybridized carbons (Fsp3) is 0.261. The van der Waals surface area contributed by atoms with E-state index in [1.54, 1.807) is 42.6 Å². The molecule has 0 saturated heterocycles. The van der Waals surface area contributed by atoms with E-state index in [9.17, 15) is 8.42 Å². The number of benzene rings is 2. The Labute approximate surface area is 178 Å². The number of aliphatic imine (C=N–C) groups is 1. The fourth-order valence-electron chi connectivity index (χ4n) is 3.54. The van der Waals surface area contributed by atoms with Gasteiger partial charge in [-0.1, -0.05) is 43.0 Å². The maximum Gasteiger partial charge on any atom is 0.268 e. The van der Waals surface area contributed by atoms with Gasteiger partial charge in [0.25, 0.3) is 10.0 Å². The number of nitrogens with two attached hydrogens (primary N) is 1. The van der Waals surface area contributed by atoms with E-state index in [2.05, 4.69) is 16.9 Å². The first-order valence-electron chi connectivity index (χ1n) is 9.87. The summed E-state index contributed by atoms with van der Waals surface area (Å²) in [4.78, 5) is 4.81. The Morgan fingerprint density at radius 3 is 2.43 bits per heavy atom. The number of fused-ring (bicyclic) bond motifs is 1. The summed E-state index contributed by atoms with van der Waals surface area (Å²) in [6.07, 6.45) is 2.42. The molecule has 0 fully saturated rings. The monoisotopic (exact) mass is 424 g/mol. The van der Waals surface area contributed by atoms with E-state index < -0.39 is 10.0 Å². The summed E-state index contributed by atoms with van der Waals surface area (Å²) in [6.45, 7) is 9.82. The van der Waals surface area contributed by atoms with E-state index in [0.717, 1.165) is 17.4 Å². The molecule has 0 amide bonds. The number of nitrogens with zero attached hydrogens (tertiary/aromatic N) is 2. The first-order valence-corrected chi connectivity index (χ1v) is 11.3. The summed E-state index contributed by atoms with van der Waals surface area (Å²) < 4.78 is 27.8. The molecule has 0 bridgehead atoms. The Kier molecular flexibility index (Phi) is 6.43. The summed E-state index contributed by atoms with van der Waals surface area (Å²) in [5, 5.41) is 4.05. The molecule has 3 N–H and O–H groups in total. The lowest BCUT2D eigenvalue weighted by Gasteiger charge is -2.17. The third-order valence-electron chi connectivity index (χ3n) is 4.81. The molecule has 0 aliphatic heterocycles. The second kappa shape index (κ2) is 8.85. The molecule has 3 rings (SSSR count). The van der Waals surface area contributed by atoms with Crippen LogP contribution in [-0.2, 0) is 10.0 Å². The van der Waals surface area contributed by atoms with Crippen molar-refractivity contribution in [2.75, 3.05) is 0 Å². The van der Waals surface area contributed by atoms with Gasteiger partial charge in [0.05, 0.1) is 10.4 Å². The average molecular weight is 425 g/mol. The number of rotatable bonds is 8. The number of aromatic nitrogens is 1. The zero-order valence-corrected chi connectivity index (χ0v) is 18.4. The van der Waals surface area contributed by atoms with Crippen LogP contribution in [0.15, 0.2) is 83.1 Å². The highest BCUT2D eigenvalue weighted by Gasteiger charge is 2.21. The van der Waals surface area contributed by atoms with Gasteiger partial charge in [-0.15, -0.1) is 0 Å². The fourth-order valence-corrected chi connectivity index (χ4v) is 4.93. The molecule has 6 nitrogen and oxygen atoms in total. The van der Waals surface area contributed by atoms with E-state index in [4.69, 9.17) is 5.73 Å². The Morgan fingerprint density at radius 1 is 1.13 bits per heavy atom. The smallest absolute Gasteiger partial charge is 0.268 e. The van der Waals surface area contributed by atoms with Crippen molar-refractivity contribution in [3.05, 3.63) is 78.8 Å². The van der Waals surface area contributed by atoms with Gasteiger partial charge in [0.15, 0.2) is 0 Å².